The normalized spacial score (nSPS) is 10.4. The Labute approximate surface area is 124 Å². The Balaban J connectivity index is 0.000000612. The van der Waals surface area contributed by atoms with E-state index in [-0.39, 0.29) is 5.41 Å². The fourth-order valence-electron chi connectivity index (χ4n) is 1.36. The first-order valence-corrected chi connectivity index (χ1v) is 6.57. The van der Waals surface area contributed by atoms with Crippen molar-refractivity contribution in [2.24, 2.45) is 5.73 Å². The van der Waals surface area contributed by atoms with Gasteiger partial charge in [-0.15, -0.1) is 0 Å². The number of nitrogens with two attached hydrogens (primary N) is 1. The number of rotatable bonds is 2. The highest BCUT2D eigenvalue weighted by molar-refractivity contribution is 6.30. The van der Waals surface area contributed by atoms with Gasteiger partial charge in [0.05, 0.1) is 5.69 Å². The average molecular weight is 294 g/mol. The molecule has 0 saturated heterocycles. The standard InChI is InChI=1S/C13H15ClN2O.C2H5N/c1-13(2,3)11-8-12(17-16-11)15-10-6-4-9(14)5-7-10;1-2-3/h4-8,15H,1-3H3;2H,1,3H2. The molecule has 0 amide bonds. The second kappa shape index (κ2) is 7.01. The zero-order chi connectivity index (χ0) is 15.2. The van der Waals surface area contributed by atoms with E-state index in [0.29, 0.717) is 10.9 Å². The van der Waals surface area contributed by atoms with E-state index in [4.69, 9.17) is 16.1 Å². The molecule has 0 atom stereocenters. The van der Waals surface area contributed by atoms with Crippen LogP contribution in [0.1, 0.15) is 26.5 Å². The van der Waals surface area contributed by atoms with Crippen LogP contribution >= 0.6 is 11.6 Å². The van der Waals surface area contributed by atoms with Crippen LogP contribution < -0.4 is 11.1 Å². The van der Waals surface area contributed by atoms with Crippen LogP contribution in [0.3, 0.4) is 0 Å². The van der Waals surface area contributed by atoms with Crippen molar-refractivity contribution in [2.45, 2.75) is 26.2 Å². The summed E-state index contributed by atoms with van der Waals surface area (Å²) in [5.74, 6) is 0.636. The summed E-state index contributed by atoms with van der Waals surface area (Å²) in [4.78, 5) is 0. The van der Waals surface area contributed by atoms with Crippen molar-refractivity contribution in [2.75, 3.05) is 5.32 Å². The highest BCUT2D eigenvalue weighted by Crippen LogP contribution is 2.25. The molecule has 0 fully saturated rings. The predicted octanol–water partition coefficient (Wildman–Crippen LogP) is 4.46. The van der Waals surface area contributed by atoms with Crippen molar-refractivity contribution >= 4 is 23.2 Å². The first-order chi connectivity index (χ1) is 9.36. The molecule has 0 aliphatic carbocycles. The Kier molecular flexibility index (Phi) is 5.65. The van der Waals surface area contributed by atoms with E-state index >= 15 is 0 Å². The van der Waals surface area contributed by atoms with Gasteiger partial charge in [0.25, 0.3) is 0 Å². The molecule has 5 heteroatoms. The minimum atomic E-state index is -0.0105. The summed E-state index contributed by atoms with van der Waals surface area (Å²) in [5.41, 5.74) is 6.45. The summed E-state index contributed by atoms with van der Waals surface area (Å²) in [7, 11) is 0. The minimum absolute atomic E-state index is 0.0105. The zero-order valence-electron chi connectivity index (χ0n) is 12.0. The van der Waals surface area contributed by atoms with Gasteiger partial charge in [-0.05, 0) is 30.5 Å². The predicted molar refractivity (Wildman–Crippen MR) is 84.3 cm³/mol. The number of halogens is 1. The molecule has 1 heterocycles. The first kappa shape index (κ1) is 16.1. The monoisotopic (exact) mass is 293 g/mol. The fraction of sp³-hybridized carbons (Fsp3) is 0.267. The van der Waals surface area contributed by atoms with E-state index in [1.54, 1.807) is 0 Å². The Morgan fingerprint density at radius 3 is 2.30 bits per heavy atom. The SMILES string of the molecule is C=CN.CC(C)(C)c1cc(Nc2ccc(Cl)cc2)on1. The molecule has 0 aliphatic rings. The van der Waals surface area contributed by atoms with E-state index in [1.807, 2.05) is 30.3 Å². The highest BCUT2D eigenvalue weighted by atomic mass is 35.5. The van der Waals surface area contributed by atoms with Crippen molar-refractivity contribution in [1.29, 1.82) is 0 Å². The van der Waals surface area contributed by atoms with E-state index in [1.165, 1.54) is 6.20 Å². The molecule has 0 aliphatic heterocycles. The molecular formula is C15H20ClN3O. The average Bonchev–Trinajstić information content (AvgIpc) is 2.81. The van der Waals surface area contributed by atoms with Gasteiger partial charge in [-0.2, -0.15) is 0 Å². The number of nitrogens with one attached hydrogen (secondary N) is 1. The second-order valence-electron chi connectivity index (χ2n) is 5.19. The van der Waals surface area contributed by atoms with Gasteiger partial charge >= 0.3 is 0 Å². The van der Waals surface area contributed by atoms with Crippen LogP contribution in [-0.2, 0) is 5.41 Å². The molecule has 20 heavy (non-hydrogen) atoms. The number of nitrogens with zero attached hydrogens (tertiary/aromatic N) is 1. The van der Waals surface area contributed by atoms with Crippen LogP contribution in [0.5, 0.6) is 0 Å². The lowest BCUT2D eigenvalue weighted by atomic mass is 9.92. The molecule has 0 unspecified atom stereocenters. The number of hydrogen-bond acceptors (Lipinski definition) is 4. The number of hydrogen-bond donors (Lipinski definition) is 2. The molecule has 2 rings (SSSR count). The Morgan fingerprint density at radius 2 is 1.85 bits per heavy atom. The van der Waals surface area contributed by atoms with Crippen molar-refractivity contribution < 1.29 is 4.52 Å². The Bertz CT molecular complexity index is 541. The molecule has 0 spiro atoms. The molecule has 0 radical (unpaired) electrons. The van der Waals surface area contributed by atoms with Gasteiger partial charge in [0, 0.05) is 22.2 Å². The van der Waals surface area contributed by atoms with E-state index in [0.717, 1.165) is 11.4 Å². The quantitative estimate of drug-likeness (QED) is 0.858. The van der Waals surface area contributed by atoms with Crippen LogP contribution in [0, 0.1) is 0 Å². The van der Waals surface area contributed by atoms with Crippen molar-refractivity contribution in [3.63, 3.8) is 0 Å². The molecule has 0 saturated carbocycles. The van der Waals surface area contributed by atoms with Gasteiger partial charge < -0.3 is 15.6 Å². The lowest BCUT2D eigenvalue weighted by molar-refractivity contribution is 0.404. The maximum absolute atomic E-state index is 5.82. The lowest BCUT2D eigenvalue weighted by Gasteiger charge is -2.12. The van der Waals surface area contributed by atoms with Gasteiger partial charge in [-0.3, -0.25) is 0 Å². The van der Waals surface area contributed by atoms with E-state index < -0.39 is 0 Å². The smallest absolute Gasteiger partial charge is 0.229 e. The van der Waals surface area contributed by atoms with Crippen molar-refractivity contribution in [3.05, 3.63) is 53.8 Å². The summed E-state index contributed by atoms with van der Waals surface area (Å²) in [5, 5.41) is 7.88. The summed E-state index contributed by atoms with van der Waals surface area (Å²) >= 11 is 5.82. The third-order valence-electron chi connectivity index (χ3n) is 2.39. The maximum atomic E-state index is 5.82. The molecule has 2 aromatic rings. The number of benzene rings is 1. The second-order valence-corrected chi connectivity index (χ2v) is 5.63. The molecule has 108 valence electrons. The van der Waals surface area contributed by atoms with Crippen LogP contribution in [0.15, 0.2) is 47.6 Å². The van der Waals surface area contributed by atoms with E-state index in [9.17, 15) is 0 Å². The fourth-order valence-corrected chi connectivity index (χ4v) is 1.49. The largest absolute Gasteiger partial charge is 0.405 e. The summed E-state index contributed by atoms with van der Waals surface area (Å²) in [6.07, 6.45) is 1.25. The van der Waals surface area contributed by atoms with Gasteiger partial charge in [-0.25, -0.2) is 0 Å². The summed E-state index contributed by atoms with van der Waals surface area (Å²) < 4.78 is 5.23. The molecule has 3 N–H and O–H groups in total. The van der Waals surface area contributed by atoms with Crippen LogP contribution in [0.4, 0.5) is 11.6 Å². The van der Waals surface area contributed by atoms with Crippen LogP contribution in [0.2, 0.25) is 5.02 Å². The third kappa shape index (κ3) is 4.97. The zero-order valence-corrected chi connectivity index (χ0v) is 12.7. The highest BCUT2D eigenvalue weighted by Gasteiger charge is 2.18. The molecule has 4 nitrogen and oxygen atoms in total. The van der Waals surface area contributed by atoms with Crippen LogP contribution in [-0.4, -0.2) is 5.16 Å². The summed E-state index contributed by atoms with van der Waals surface area (Å²) in [6.45, 7) is 9.42. The minimum Gasteiger partial charge on any atom is -0.405 e. The van der Waals surface area contributed by atoms with Crippen LogP contribution in [0.25, 0.3) is 0 Å². The molecular weight excluding hydrogens is 274 g/mol. The first-order valence-electron chi connectivity index (χ1n) is 6.19. The molecule has 1 aromatic heterocycles. The Morgan fingerprint density at radius 1 is 1.30 bits per heavy atom. The van der Waals surface area contributed by atoms with Gasteiger partial charge in [0.2, 0.25) is 5.88 Å². The van der Waals surface area contributed by atoms with Crippen molar-refractivity contribution in [1.82, 2.24) is 5.16 Å². The summed E-state index contributed by atoms with van der Waals surface area (Å²) in [6, 6.07) is 9.34. The third-order valence-corrected chi connectivity index (χ3v) is 2.64. The lowest BCUT2D eigenvalue weighted by Crippen LogP contribution is -2.10. The molecule has 1 aromatic carbocycles. The van der Waals surface area contributed by atoms with E-state index in [2.05, 4.69) is 43.6 Å². The topological polar surface area (TPSA) is 64.1 Å². The number of aromatic nitrogens is 1. The Hall–Kier alpha value is -1.94. The van der Waals surface area contributed by atoms with Gasteiger partial charge in [0.1, 0.15) is 0 Å². The van der Waals surface area contributed by atoms with Crippen molar-refractivity contribution in [3.8, 4) is 0 Å². The van der Waals surface area contributed by atoms with Gasteiger partial charge in [0.15, 0.2) is 0 Å². The molecule has 0 bridgehead atoms. The number of anilines is 2. The maximum Gasteiger partial charge on any atom is 0.229 e. The van der Waals surface area contributed by atoms with Gasteiger partial charge in [-0.1, -0.05) is 44.1 Å².